The first kappa shape index (κ1) is 13.9. The molecule has 0 spiro atoms. The zero-order chi connectivity index (χ0) is 12.0. The van der Waals surface area contributed by atoms with Crippen LogP contribution in [0, 0.1) is 11.8 Å². The van der Waals surface area contributed by atoms with Crippen molar-refractivity contribution in [3.8, 4) is 0 Å². The molecular weight excluding hydrogens is 200 g/mol. The normalized spacial score (nSPS) is 30.0. The van der Waals surface area contributed by atoms with E-state index in [1.807, 2.05) is 0 Å². The summed E-state index contributed by atoms with van der Waals surface area (Å²) >= 11 is 0. The van der Waals surface area contributed by atoms with Crippen molar-refractivity contribution >= 4 is 0 Å². The molecule has 3 nitrogen and oxygen atoms in total. The van der Waals surface area contributed by atoms with Gasteiger partial charge in [-0.1, -0.05) is 26.2 Å². The van der Waals surface area contributed by atoms with Crippen molar-refractivity contribution < 1.29 is 4.74 Å². The third kappa shape index (κ3) is 4.04. The van der Waals surface area contributed by atoms with Crippen LogP contribution in [0.4, 0.5) is 0 Å². The minimum atomic E-state index is 0.296. The standard InChI is InChI=1S/C13H28N2O/c1-4-11-5-7-12(8-6-11)13(15-14)9-10(2)16-3/h10-13,15H,4-9,14H2,1-3H3. The summed E-state index contributed by atoms with van der Waals surface area (Å²) in [6.07, 6.45) is 8.05. The highest BCUT2D eigenvalue weighted by atomic mass is 16.5. The summed E-state index contributed by atoms with van der Waals surface area (Å²) in [7, 11) is 1.77. The van der Waals surface area contributed by atoms with E-state index in [1.165, 1.54) is 32.1 Å². The van der Waals surface area contributed by atoms with Crippen LogP contribution in [0.3, 0.4) is 0 Å². The van der Waals surface area contributed by atoms with Gasteiger partial charge in [0.1, 0.15) is 0 Å². The van der Waals surface area contributed by atoms with E-state index in [0.29, 0.717) is 12.1 Å². The van der Waals surface area contributed by atoms with Gasteiger partial charge in [0.05, 0.1) is 6.10 Å². The molecule has 0 aromatic rings. The number of rotatable bonds is 6. The van der Waals surface area contributed by atoms with Crippen LogP contribution in [0.15, 0.2) is 0 Å². The molecule has 1 saturated carbocycles. The van der Waals surface area contributed by atoms with Crippen molar-refractivity contribution in [1.29, 1.82) is 0 Å². The number of nitrogens with one attached hydrogen (secondary N) is 1. The van der Waals surface area contributed by atoms with Gasteiger partial charge in [-0.2, -0.15) is 0 Å². The second-order valence-corrected chi connectivity index (χ2v) is 5.24. The first-order chi connectivity index (χ1) is 7.71. The van der Waals surface area contributed by atoms with Crippen LogP contribution in [-0.4, -0.2) is 19.3 Å². The Bertz CT molecular complexity index is 179. The SMILES string of the molecule is CCC1CCC(C(CC(C)OC)NN)CC1. The van der Waals surface area contributed by atoms with Gasteiger partial charge in [0.25, 0.3) is 0 Å². The van der Waals surface area contributed by atoms with Crippen LogP contribution in [0.5, 0.6) is 0 Å². The fourth-order valence-corrected chi connectivity index (χ4v) is 2.85. The van der Waals surface area contributed by atoms with Crippen LogP contribution in [0.2, 0.25) is 0 Å². The Hall–Kier alpha value is -0.120. The number of nitrogens with two attached hydrogens (primary N) is 1. The lowest BCUT2D eigenvalue weighted by atomic mass is 9.76. The summed E-state index contributed by atoms with van der Waals surface area (Å²) in [4.78, 5) is 0. The fraction of sp³-hybridized carbons (Fsp3) is 1.00. The van der Waals surface area contributed by atoms with E-state index in [2.05, 4.69) is 19.3 Å². The van der Waals surface area contributed by atoms with E-state index < -0.39 is 0 Å². The average Bonchev–Trinajstić information content (AvgIpc) is 2.35. The summed E-state index contributed by atoms with van der Waals surface area (Å²) in [5.74, 6) is 7.36. The third-order valence-corrected chi connectivity index (χ3v) is 4.24. The molecule has 3 N–H and O–H groups in total. The first-order valence-electron chi connectivity index (χ1n) is 6.70. The third-order valence-electron chi connectivity index (χ3n) is 4.24. The molecule has 0 saturated heterocycles. The van der Waals surface area contributed by atoms with Crippen LogP contribution >= 0.6 is 0 Å². The van der Waals surface area contributed by atoms with Gasteiger partial charge in [-0.3, -0.25) is 11.3 Å². The van der Waals surface area contributed by atoms with Gasteiger partial charge in [-0.15, -0.1) is 0 Å². The molecule has 0 bridgehead atoms. The molecule has 3 heteroatoms. The van der Waals surface area contributed by atoms with Crippen molar-refractivity contribution in [2.75, 3.05) is 7.11 Å². The minimum Gasteiger partial charge on any atom is -0.382 e. The average molecular weight is 228 g/mol. The number of hydrogen-bond donors (Lipinski definition) is 2. The molecule has 96 valence electrons. The van der Waals surface area contributed by atoms with Gasteiger partial charge in [-0.05, 0) is 38.0 Å². The molecule has 0 heterocycles. The number of hydrogen-bond acceptors (Lipinski definition) is 3. The molecule has 1 aliphatic rings. The maximum atomic E-state index is 5.67. The molecule has 1 rings (SSSR count). The topological polar surface area (TPSA) is 47.3 Å². The van der Waals surface area contributed by atoms with Gasteiger partial charge in [0.2, 0.25) is 0 Å². The number of methoxy groups -OCH3 is 1. The molecule has 0 amide bonds. The fourth-order valence-electron chi connectivity index (χ4n) is 2.85. The molecule has 1 fully saturated rings. The van der Waals surface area contributed by atoms with E-state index in [-0.39, 0.29) is 0 Å². The minimum absolute atomic E-state index is 0.296. The highest BCUT2D eigenvalue weighted by Gasteiger charge is 2.27. The second kappa shape index (κ2) is 7.25. The Morgan fingerprint density at radius 1 is 1.31 bits per heavy atom. The monoisotopic (exact) mass is 228 g/mol. The van der Waals surface area contributed by atoms with E-state index in [9.17, 15) is 0 Å². The number of hydrazine groups is 1. The zero-order valence-electron chi connectivity index (χ0n) is 11.0. The summed E-state index contributed by atoms with van der Waals surface area (Å²) in [5.41, 5.74) is 2.99. The lowest BCUT2D eigenvalue weighted by molar-refractivity contribution is 0.0843. The second-order valence-electron chi connectivity index (χ2n) is 5.24. The smallest absolute Gasteiger partial charge is 0.0558 e. The lowest BCUT2D eigenvalue weighted by Crippen LogP contribution is -2.44. The Morgan fingerprint density at radius 2 is 1.94 bits per heavy atom. The molecule has 16 heavy (non-hydrogen) atoms. The van der Waals surface area contributed by atoms with Crippen LogP contribution in [0.25, 0.3) is 0 Å². The Balaban J connectivity index is 2.36. The molecular formula is C13H28N2O. The summed E-state index contributed by atoms with van der Waals surface area (Å²) in [5, 5.41) is 0. The molecule has 0 radical (unpaired) electrons. The Morgan fingerprint density at radius 3 is 2.38 bits per heavy atom. The first-order valence-corrected chi connectivity index (χ1v) is 6.70. The largest absolute Gasteiger partial charge is 0.382 e. The Labute approximate surface area is 100 Å². The quantitative estimate of drug-likeness (QED) is 0.542. The van der Waals surface area contributed by atoms with Gasteiger partial charge in [-0.25, -0.2) is 0 Å². The maximum Gasteiger partial charge on any atom is 0.0558 e. The van der Waals surface area contributed by atoms with E-state index in [1.54, 1.807) is 7.11 Å². The summed E-state index contributed by atoms with van der Waals surface area (Å²) in [6, 6.07) is 0.424. The van der Waals surface area contributed by atoms with Crippen molar-refractivity contribution in [3.05, 3.63) is 0 Å². The number of ether oxygens (including phenoxy) is 1. The van der Waals surface area contributed by atoms with Gasteiger partial charge in [0.15, 0.2) is 0 Å². The van der Waals surface area contributed by atoms with Crippen molar-refractivity contribution in [1.82, 2.24) is 5.43 Å². The molecule has 2 atom stereocenters. The maximum absolute atomic E-state index is 5.67. The molecule has 1 aliphatic carbocycles. The van der Waals surface area contributed by atoms with Gasteiger partial charge in [0, 0.05) is 13.2 Å². The lowest BCUT2D eigenvalue weighted by Gasteiger charge is -2.34. The van der Waals surface area contributed by atoms with Crippen LogP contribution < -0.4 is 11.3 Å². The van der Waals surface area contributed by atoms with Crippen molar-refractivity contribution in [2.24, 2.45) is 17.7 Å². The van der Waals surface area contributed by atoms with E-state index >= 15 is 0 Å². The predicted molar refractivity (Wildman–Crippen MR) is 67.9 cm³/mol. The molecule has 0 aromatic heterocycles. The van der Waals surface area contributed by atoms with E-state index in [0.717, 1.165) is 18.3 Å². The van der Waals surface area contributed by atoms with Crippen LogP contribution in [-0.2, 0) is 4.74 Å². The predicted octanol–water partition coefficient (Wildman–Crippen LogP) is 2.46. The van der Waals surface area contributed by atoms with Gasteiger partial charge < -0.3 is 4.74 Å². The van der Waals surface area contributed by atoms with E-state index in [4.69, 9.17) is 10.6 Å². The van der Waals surface area contributed by atoms with Crippen molar-refractivity contribution in [2.45, 2.75) is 64.5 Å². The Kier molecular flexibility index (Phi) is 6.32. The highest BCUT2D eigenvalue weighted by Crippen LogP contribution is 2.33. The van der Waals surface area contributed by atoms with Gasteiger partial charge >= 0.3 is 0 Å². The molecule has 0 aromatic carbocycles. The molecule has 0 aliphatic heterocycles. The van der Waals surface area contributed by atoms with Crippen LogP contribution in [0.1, 0.15) is 52.4 Å². The summed E-state index contributed by atoms with van der Waals surface area (Å²) in [6.45, 7) is 4.42. The molecule has 2 unspecified atom stereocenters. The van der Waals surface area contributed by atoms with Crippen molar-refractivity contribution in [3.63, 3.8) is 0 Å². The highest BCUT2D eigenvalue weighted by molar-refractivity contribution is 4.81. The zero-order valence-corrected chi connectivity index (χ0v) is 11.0. The summed E-state index contributed by atoms with van der Waals surface area (Å²) < 4.78 is 5.32.